The maximum absolute atomic E-state index is 14.2. The van der Waals surface area contributed by atoms with E-state index >= 15 is 0 Å². The molecule has 3 rings (SSSR count). The van der Waals surface area contributed by atoms with Gasteiger partial charge in [0.05, 0.1) is 24.5 Å². The van der Waals surface area contributed by atoms with Gasteiger partial charge in [-0.05, 0) is 32.9 Å². The first-order valence-electron chi connectivity index (χ1n) is 9.05. The minimum atomic E-state index is -2.33. The summed E-state index contributed by atoms with van der Waals surface area (Å²) in [7, 11) is 1.43. The Kier molecular flexibility index (Phi) is 6.01. The Hall–Kier alpha value is -3.43. The standard InChI is InChI=1S/C21H17F5N2O3/c1-9(2)31-20-11(6-5-7-13(20)30-4)8-12-10(3)27-28(21(12)29)19-17(25)15(23)14(22)16(24)18(19)26/h5-9H,1-4H3/b12-8-. The monoisotopic (exact) mass is 440 g/mol. The van der Waals surface area contributed by atoms with Crippen LogP contribution in [0.3, 0.4) is 0 Å². The number of rotatable bonds is 5. The highest BCUT2D eigenvalue weighted by molar-refractivity contribution is 6.32. The van der Waals surface area contributed by atoms with Crippen LogP contribution in [0.4, 0.5) is 27.6 Å². The van der Waals surface area contributed by atoms with E-state index in [2.05, 4.69) is 5.10 Å². The van der Waals surface area contributed by atoms with Crippen LogP contribution in [0.1, 0.15) is 26.3 Å². The Morgan fingerprint density at radius 2 is 1.58 bits per heavy atom. The van der Waals surface area contributed by atoms with Gasteiger partial charge in [-0.3, -0.25) is 4.79 Å². The lowest BCUT2D eigenvalue weighted by atomic mass is 10.1. The summed E-state index contributed by atoms with van der Waals surface area (Å²) >= 11 is 0. The lowest BCUT2D eigenvalue weighted by molar-refractivity contribution is -0.114. The van der Waals surface area contributed by atoms with Gasteiger partial charge in [0, 0.05) is 5.56 Å². The number of hydrogen-bond acceptors (Lipinski definition) is 4. The van der Waals surface area contributed by atoms with Crippen molar-refractivity contribution in [2.45, 2.75) is 26.9 Å². The molecular weight excluding hydrogens is 423 g/mol. The predicted octanol–water partition coefficient (Wildman–Crippen LogP) is 4.98. The van der Waals surface area contributed by atoms with Gasteiger partial charge in [0.15, 0.2) is 34.8 Å². The molecule has 0 saturated heterocycles. The summed E-state index contributed by atoms with van der Waals surface area (Å²) in [6.45, 7) is 4.92. The minimum Gasteiger partial charge on any atom is -0.493 e. The molecule has 1 aliphatic heterocycles. The normalized spacial score (nSPS) is 15.2. The number of carbonyl (C=O) groups is 1. The molecule has 0 aromatic heterocycles. The molecule has 0 bridgehead atoms. The molecular formula is C21H17F5N2O3. The van der Waals surface area contributed by atoms with Crippen LogP contribution >= 0.6 is 0 Å². The molecule has 1 amide bonds. The second-order valence-corrected chi connectivity index (χ2v) is 6.82. The molecule has 5 nitrogen and oxygen atoms in total. The van der Waals surface area contributed by atoms with Crippen LogP contribution in [0.2, 0.25) is 0 Å². The van der Waals surface area contributed by atoms with Crippen molar-refractivity contribution in [3.63, 3.8) is 0 Å². The van der Waals surface area contributed by atoms with E-state index in [0.29, 0.717) is 17.1 Å². The number of amides is 1. The Bertz CT molecular complexity index is 1100. The molecule has 2 aromatic rings. The Morgan fingerprint density at radius 3 is 2.13 bits per heavy atom. The first-order chi connectivity index (χ1) is 14.6. The maximum atomic E-state index is 14.2. The fourth-order valence-corrected chi connectivity index (χ4v) is 2.94. The summed E-state index contributed by atoms with van der Waals surface area (Å²) in [5, 5.41) is 3.86. The van der Waals surface area contributed by atoms with E-state index in [0.717, 1.165) is 0 Å². The van der Waals surface area contributed by atoms with Crippen molar-refractivity contribution >= 4 is 23.4 Å². The zero-order valence-corrected chi connectivity index (χ0v) is 16.9. The van der Waals surface area contributed by atoms with Gasteiger partial charge in [0.2, 0.25) is 5.82 Å². The summed E-state index contributed by atoms with van der Waals surface area (Å²) in [6.07, 6.45) is 1.10. The van der Waals surface area contributed by atoms with E-state index in [1.807, 2.05) is 0 Å². The molecule has 31 heavy (non-hydrogen) atoms. The fraction of sp³-hybridized carbons (Fsp3) is 0.238. The van der Waals surface area contributed by atoms with Gasteiger partial charge in [0.1, 0.15) is 5.69 Å². The number of ether oxygens (including phenoxy) is 2. The number of hydrogen-bond donors (Lipinski definition) is 0. The summed E-state index contributed by atoms with van der Waals surface area (Å²) in [5.41, 5.74) is -1.17. The fourth-order valence-electron chi connectivity index (χ4n) is 2.94. The molecule has 0 spiro atoms. The van der Waals surface area contributed by atoms with Crippen molar-refractivity contribution in [3.05, 3.63) is 58.4 Å². The highest BCUT2D eigenvalue weighted by atomic mass is 19.2. The SMILES string of the molecule is COc1cccc(/C=C2\C(=O)N(c3c(F)c(F)c(F)c(F)c3F)N=C2C)c1OC(C)C. The van der Waals surface area contributed by atoms with Crippen LogP contribution in [-0.4, -0.2) is 24.8 Å². The molecule has 0 N–H and O–H groups in total. The van der Waals surface area contributed by atoms with Crippen LogP contribution < -0.4 is 14.5 Å². The van der Waals surface area contributed by atoms with Gasteiger partial charge in [-0.25, -0.2) is 22.0 Å². The van der Waals surface area contributed by atoms with E-state index in [9.17, 15) is 26.7 Å². The molecule has 2 aromatic carbocycles. The van der Waals surface area contributed by atoms with E-state index in [-0.39, 0.29) is 22.4 Å². The third-order valence-corrected chi connectivity index (χ3v) is 4.34. The molecule has 1 heterocycles. The molecule has 1 aliphatic rings. The van der Waals surface area contributed by atoms with Gasteiger partial charge in [-0.15, -0.1) is 0 Å². The first kappa shape index (κ1) is 22.3. The Morgan fingerprint density at radius 1 is 1.00 bits per heavy atom. The quantitative estimate of drug-likeness (QED) is 0.285. The number of anilines is 1. The third kappa shape index (κ3) is 3.85. The van der Waals surface area contributed by atoms with Crippen LogP contribution in [0, 0.1) is 29.1 Å². The topological polar surface area (TPSA) is 51.1 Å². The summed E-state index contributed by atoms with van der Waals surface area (Å²) < 4.78 is 79.9. The van der Waals surface area contributed by atoms with Crippen molar-refractivity contribution in [2.75, 3.05) is 12.1 Å². The average molecular weight is 440 g/mol. The van der Waals surface area contributed by atoms with E-state index in [1.54, 1.807) is 32.0 Å². The zero-order chi connectivity index (χ0) is 23.0. The third-order valence-electron chi connectivity index (χ3n) is 4.34. The molecule has 0 fully saturated rings. The molecule has 0 unspecified atom stereocenters. The Labute approximate surface area is 174 Å². The number of carbonyl (C=O) groups excluding carboxylic acids is 1. The van der Waals surface area contributed by atoms with Gasteiger partial charge < -0.3 is 9.47 Å². The van der Waals surface area contributed by atoms with Crippen molar-refractivity contribution < 1.29 is 36.2 Å². The molecule has 10 heteroatoms. The van der Waals surface area contributed by atoms with Crippen LogP contribution in [0.15, 0.2) is 28.9 Å². The van der Waals surface area contributed by atoms with Crippen LogP contribution in [-0.2, 0) is 4.79 Å². The molecule has 164 valence electrons. The second-order valence-electron chi connectivity index (χ2n) is 6.82. The number of methoxy groups -OCH3 is 1. The molecule has 0 radical (unpaired) electrons. The summed E-state index contributed by atoms with van der Waals surface area (Å²) in [5.74, 6) is -11.4. The van der Waals surface area contributed by atoms with E-state index < -0.39 is 40.7 Å². The maximum Gasteiger partial charge on any atom is 0.280 e. The largest absolute Gasteiger partial charge is 0.493 e. The van der Waals surface area contributed by atoms with E-state index in [1.165, 1.54) is 20.1 Å². The van der Waals surface area contributed by atoms with Gasteiger partial charge in [-0.2, -0.15) is 10.1 Å². The Balaban J connectivity index is 2.11. The van der Waals surface area contributed by atoms with Crippen molar-refractivity contribution in [2.24, 2.45) is 5.10 Å². The smallest absolute Gasteiger partial charge is 0.280 e. The molecule has 0 saturated carbocycles. The lowest BCUT2D eigenvalue weighted by Gasteiger charge is -2.16. The zero-order valence-electron chi connectivity index (χ0n) is 16.9. The highest BCUT2D eigenvalue weighted by Gasteiger charge is 2.37. The van der Waals surface area contributed by atoms with Crippen molar-refractivity contribution in [3.8, 4) is 11.5 Å². The number of benzene rings is 2. The van der Waals surface area contributed by atoms with Crippen molar-refractivity contribution in [1.29, 1.82) is 0 Å². The van der Waals surface area contributed by atoms with Crippen molar-refractivity contribution in [1.82, 2.24) is 0 Å². The van der Waals surface area contributed by atoms with Crippen LogP contribution in [0.5, 0.6) is 11.5 Å². The number of nitrogens with zero attached hydrogens (tertiary/aromatic N) is 2. The predicted molar refractivity (Wildman–Crippen MR) is 104 cm³/mol. The lowest BCUT2D eigenvalue weighted by Crippen LogP contribution is -2.25. The molecule has 0 atom stereocenters. The van der Waals surface area contributed by atoms with Gasteiger partial charge in [-0.1, -0.05) is 12.1 Å². The average Bonchev–Trinajstić information content (AvgIpc) is 2.99. The van der Waals surface area contributed by atoms with Gasteiger partial charge >= 0.3 is 0 Å². The number of hydrazone groups is 1. The van der Waals surface area contributed by atoms with Crippen LogP contribution in [0.25, 0.3) is 6.08 Å². The summed E-state index contributed by atoms with van der Waals surface area (Å²) in [4.78, 5) is 12.8. The van der Waals surface area contributed by atoms with E-state index in [4.69, 9.17) is 9.47 Å². The van der Waals surface area contributed by atoms with Gasteiger partial charge in [0.25, 0.3) is 5.91 Å². The second kappa shape index (κ2) is 8.37. The molecule has 0 aliphatic carbocycles. The number of halogens is 5. The summed E-state index contributed by atoms with van der Waals surface area (Å²) in [6, 6.07) is 4.87. The highest BCUT2D eigenvalue weighted by Crippen LogP contribution is 2.37. The number of para-hydroxylation sites is 1. The first-order valence-corrected chi connectivity index (χ1v) is 9.05. The minimum absolute atomic E-state index is 0.00672.